The number of benzene rings is 2. The molecule has 0 aliphatic heterocycles. The number of carbonyl (C=O) groups excluding carboxylic acids is 1. The molecule has 1 aromatic heterocycles. The number of thiazole rings is 1. The summed E-state index contributed by atoms with van der Waals surface area (Å²) >= 11 is 13.4. The van der Waals surface area contributed by atoms with Crippen LogP contribution in [0.4, 0.5) is 5.13 Å². The number of nitrogens with one attached hydrogen (secondary N) is 1. The number of anilines is 1. The van der Waals surface area contributed by atoms with Gasteiger partial charge in [-0.3, -0.25) is 10.1 Å². The molecule has 134 valence electrons. The molecule has 3 aromatic rings. The minimum atomic E-state index is -0.309. The first-order valence-electron chi connectivity index (χ1n) is 7.53. The van der Waals surface area contributed by atoms with Crippen molar-refractivity contribution in [3.63, 3.8) is 0 Å². The van der Waals surface area contributed by atoms with E-state index in [9.17, 15) is 4.79 Å². The van der Waals surface area contributed by atoms with Gasteiger partial charge in [0.2, 0.25) is 0 Å². The molecule has 0 spiro atoms. The Morgan fingerprint density at radius 1 is 1.19 bits per heavy atom. The number of methoxy groups -OCH3 is 1. The van der Waals surface area contributed by atoms with Crippen LogP contribution in [0.1, 0.15) is 0 Å². The summed E-state index contributed by atoms with van der Waals surface area (Å²) in [6, 6.07) is 12.2. The predicted octanol–water partition coefficient (Wildman–Crippen LogP) is 5.14. The Balaban J connectivity index is 1.60. The van der Waals surface area contributed by atoms with Gasteiger partial charge in [-0.1, -0.05) is 29.3 Å². The third-order valence-corrected chi connectivity index (χ3v) is 4.67. The Labute approximate surface area is 164 Å². The van der Waals surface area contributed by atoms with E-state index >= 15 is 0 Å². The molecule has 2 aromatic carbocycles. The van der Waals surface area contributed by atoms with Crippen molar-refractivity contribution in [1.29, 1.82) is 0 Å². The van der Waals surface area contributed by atoms with E-state index in [0.29, 0.717) is 32.4 Å². The first kappa shape index (κ1) is 18.5. The Kier molecular flexibility index (Phi) is 5.98. The van der Waals surface area contributed by atoms with Gasteiger partial charge in [0.15, 0.2) is 11.7 Å². The molecule has 0 aliphatic rings. The number of rotatable bonds is 6. The molecule has 0 fully saturated rings. The van der Waals surface area contributed by atoms with Gasteiger partial charge in [0.1, 0.15) is 11.5 Å². The van der Waals surface area contributed by atoms with E-state index in [0.717, 1.165) is 5.56 Å². The lowest BCUT2D eigenvalue weighted by atomic mass is 10.2. The number of hydrogen-bond acceptors (Lipinski definition) is 5. The van der Waals surface area contributed by atoms with Gasteiger partial charge >= 0.3 is 0 Å². The van der Waals surface area contributed by atoms with Gasteiger partial charge < -0.3 is 9.47 Å². The summed E-state index contributed by atoms with van der Waals surface area (Å²) in [4.78, 5) is 16.4. The molecule has 0 atom stereocenters. The van der Waals surface area contributed by atoms with Gasteiger partial charge in [-0.25, -0.2) is 4.98 Å². The molecular weight excluding hydrogens is 395 g/mol. The second-order valence-corrected chi connectivity index (χ2v) is 6.88. The third kappa shape index (κ3) is 4.66. The molecule has 5 nitrogen and oxygen atoms in total. The molecule has 8 heteroatoms. The zero-order chi connectivity index (χ0) is 18.5. The van der Waals surface area contributed by atoms with Gasteiger partial charge in [-0.2, -0.15) is 0 Å². The number of hydrogen-bond donors (Lipinski definition) is 1. The van der Waals surface area contributed by atoms with E-state index in [1.165, 1.54) is 11.3 Å². The molecule has 1 N–H and O–H groups in total. The summed E-state index contributed by atoms with van der Waals surface area (Å²) in [6.07, 6.45) is 0. The molecule has 0 radical (unpaired) electrons. The molecule has 0 saturated carbocycles. The minimum Gasteiger partial charge on any atom is -0.497 e. The van der Waals surface area contributed by atoms with Crippen LogP contribution in [0.5, 0.6) is 11.5 Å². The maximum absolute atomic E-state index is 12.1. The highest BCUT2D eigenvalue weighted by Crippen LogP contribution is 2.32. The Morgan fingerprint density at radius 3 is 2.77 bits per heavy atom. The van der Waals surface area contributed by atoms with Crippen molar-refractivity contribution in [2.24, 2.45) is 0 Å². The summed E-state index contributed by atoms with van der Waals surface area (Å²) in [7, 11) is 1.57. The molecule has 0 bridgehead atoms. The first-order valence-corrected chi connectivity index (χ1v) is 9.16. The average molecular weight is 409 g/mol. The van der Waals surface area contributed by atoms with Crippen LogP contribution < -0.4 is 14.8 Å². The van der Waals surface area contributed by atoms with Gasteiger partial charge in [0.25, 0.3) is 5.91 Å². The van der Waals surface area contributed by atoms with E-state index in [1.54, 1.807) is 49.6 Å². The van der Waals surface area contributed by atoms with Gasteiger partial charge in [-0.15, -0.1) is 11.3 Å². The van der Waals surface area contributed by atoms with Crippen LogP contribution in [0.25, 0.3) is 11.3 Å². The first-order chi connectivity index (χ1) is 12.5. The lowest BCUT2D eigenvalue weighted by molar-refractivity contribution is -0.118. The van der Waals surface area contributed by atoms with Crippen molar-refractivity contribution in [2.45, 2.75) is 0 Å². The van der Waals surface area contributed by atoms with Crippen LogP contribution >= 0.6 is 34.5 Å². The second kappa shape index (κ2) is 8.40. The van der Waals surface area contributed by atoms with Gasteiger partial charge in [-0.05, 0) is 30.3 Å². The third-order valence-electron chi connectivity index (χ3n) is 3.37. The SMILES string of the molecule is COc1cccc(OCC(=O)Nc2nc(-c3ccc(Cl)cc3Cl)cs2)c1. The topological polar surface area (TPSA) is 60.5 Å². The maximum atomic E-state index is 12.1. The molecule has 3 rings (SSSR count). The summed E-state index contributed by atoms with van der Waals surface area (Å²) in [5, 5.41) is 6.04. The van der Waals surface area contributed by atoms with Crippen LogP contribution in [-0.2, 0) is 4.79 Å². The number of ether oxygens (including phenoxy) is 2. The van der Waals surface area contributed by atoms with Crippen molar-refractivity contribution in [3.8, 4) is 22.8 Å². The predicted molar refractivity (Wildman–Crippen MR) is 105 cm³/mol. The van der Waals surface area contributed by atoms with Crippen LogP contribution in [0, 0.1) is 0 Å². The van der Waals surface area contributed by atoms with Crippen molar-refractivity contribution < 1.29 is 14.3 Å². The fourth-order valence-corrected chi connectivity index (χ4v) is 3.38. The standard InChI is InChI=1S/C18H14Cl2N2O3S/c1-24-12-3-2-4-13(8-12)25-9-17(23)22-18-21-16(10-26-18)14-6-5-11(19)7-15(14)20/h2-8,10H,9H2,1H3,(H,21,22,23). The Hall–Kier alpha value is -2.28. The zero-order valence-electron chi connectivity index (χ0n) is 13.7. The monoisotopic (exact) mass is 408 g/mol. The summed E-state index contributed by atoms with van der Waals surface area (Å²) < 4.78 is 10.6. The number of aromatic nitrogens is 1. The fraction of sp³-hybridized carbons (Fsp3) is 0.111. The lowest BCUT2D eigenvalue weighted by Gasteiger charge is -2.07. The summed E-state index contributed by atoms with van der Waals surface area (Å²) in [5.74, 6) is 0.899. The molecule has 1 amide bonds. The van der Waals surface area contributed by atoms with Crippen LogP contribution in [0.3, 0.4) is 0 Å². The normalized spacial score (nSPS) is 10.4. The van der Waals surface area contributed by atoms with E-state index in [-0.39, 0.29) is 12.5 Å². The summed E-state index contributed by atoms with van der Waals surface area (Å²) in [5.41, 5.74) is 1.42. The number of carbonyl (C=O) groups is 1. The lowest BCUT2D eigenvalue weighted by Crippen LogP contribution is -2.20. The average Bonchev–Trinajstić information content (AvgIpc) is 3.08. The Morgan fingerprint density at radius 2 is 2.00 bits per heavy atom. The number of halogens is 2. The molecule has 26 heavy (non-hydrogen) atoms. The largest absolute Gasteiger partial charge is 0.497 e. The molecule has 0 aliphatic carbocycles. The second-order valence-electron chi connectivity index (χ2n) is 5.18. The number of nitrogens with zero attached hydrogens (tertiary/aromatic N) is 1. The molecule has 0 unspecified atom stereocenters. The Bertz CT molecular complexity index is 930. The van der Waals surface area contributed by atoms with E-state index in [2.05, 4.69) is 10.3 Å². The van der Waals surface area contributed by atoms with E-state index < -0.39 is 0 Å². The van der Waals surface area contributed by atoms with Crippen molar-refractivity contribution >= 4 is 45.6 Å². The van der Waals surface area contributed by atoms with Gasteiger partial charge in [0, 0.05) is 22.0 Å². The van der Waals surface area contributed by atoms with E-state index in [1.807, 2.05) is 5.38 Å². The van der Waals surface area contributed by atoms with Gasteiger partial charge in [0.05, 0.1) is 17.8 Å². The summed E-state index contributed by atoms with van der Waals surface area (Å²) in [6.45, 7) is -0.135. The van der Waals surface area contributed by atoms with Crippen LogP contribution in [0.15, 0.2) is 47.8 Å². The van der Waals surface area contributed by atoms with Crippen molar-refractivity contribution in [1.82, 2.24) is 4.98 Å². The molecule has 1 heterocycles. The highest BCUT2D eigenvalue weighted by Gasteiger charge is 2.11. The fourth-order valence-electron chi connectivity index (χ4n) is 2.15. The smallest absolute Gasteiger partial charge is 0.264 e. The number of amides is 1. The quantitative estimate of drug-likeness (QED) is 0.612. The highest BCUT2D eigenvalue weighted by molar-refractivity contribution is 7.14. The van der Waals surface area contributed by atoms with E-state index in [4.69, 9.17) is 32.7 Å². The molecular formula is C18H14Cl2N2O3S. The van der Waals surface area contributed by atoms with Crippen LogP contribution in [0.2, 0.25) is 10.0 Å². The van der Waals surface area contributed by atoms with Crippen molar-refractivity contribution in [3.05, 3.63) is 57.9 Å². The maximum Gasteiger partial charge on any atom is 0.264 e. The molecule has 0 saturated heterocycles. The zero-order valence-corrected chi connectivity index (χ0v) is 16.0. The van der Waals surface area contributed by atoms with Crippen LogP contribution in [-0.4, -0.2) is 24.6 Å². The highest BCUT2D eigenvalue weighted by atomic mass is 35.5. The van der Waals surface area contributed by atoms with Crippen molar-refractivity contribution in [2.75, 3.05) is 19.0 Å². The minimum absolute atomic E-state index is 0.135.